The molecule has 3 nitrogen and oxygen atoms in total. The quantitative estimate of drug-likeness (QED) is 0.714. The second kappa shape index (κ2) is 11.0. The number of benzene rings is 2. The molecule has 3 heteroatoms. The SMILES string of the molecule is NCCCCN.NCCc1ccc(-c2ccccc2)cc1. The third-order valence-electron chi connectivity index (χ3n) is 3.15. The molecule has 0 atom stereocenters. The van der Waals surface area contributed by atoms with Crippen LogP contribution in [0.1, 0.15) is 18.4 Å². The molecule has 2 aromatic carbocycles. The maximum atomic E-state index is 5.51. The Balaban J connectivity index is 0.000000315. The molecule has 0 aromatic heterocycles. The summed E-state index contributed by atoms with van der Waals surface area (Å²) < 4.78 is 0. The van der Waals surface area contributed by atoms with Crippen LogP contribution in [0.15, 0.2) is 54.6 Å². The van der Waals surface area contributed by atoms with Gasteiger partial charge in [0.15, 0.2) is 0 Å². The Morgan fingerprint density at radius 3 is 1.57 bits per heavy atom. The molecule has 0 unspecified atom stereocenters. The van der Waals surface area contributed by atoms with E-state index in [-0.39, 0.29) is 0 Å². The second-order valence-corrected chi connectivity index (χ2v) is 4.89. The molecule has 0 amide bonds. The Labute approximate surface area is 128 Å². The van der Waals surface area contributed by atoms with Crippen molar-refractivity contribution in [2.24, 2.45) is 17.2 Å². The normalized spacial score (nSPS) is 9.86. The van der Waals surface area contributed by atoms with Gasteiger partial charge in [-0.25, -0.2) is 0 Å². The van der Waals surface area contributed by atoms with Crippen molar-refractivity contribution in [3.63, 3.8) is 0 Å². The van der Waals surface area contributed by atoms with Gasteiger partial charge >= 0.3 is 0 Å². The summed E-state index contributed by atoms with van der Waals surface area (Å²) in [5.74, 6) is 0. The van der Waals surface area contributed by atoms with Crippen molar-refractivity contribution in [3.8, 4) is 11.1 Å². The maximum Gasteiger partial charge on any atom is -0.00367 e. The lowest BCUT2D eigenvalue weighted by molar-refractivity contribution is 0.755. The van der Waals surface area contributed by atoms with E-state index in [0.29, 0.717) is 6.54 Å². The van der Waals surface area contributed by atoms with Crippen LogP contribution in [0.2, 0.25) is 0 Å². The first kappa shape index (κ1) is 17.4. The standard InChI is InChI=1S/C14H15N.C4H12N2/c15-11-10-12-6-8-14(9-7-12)13-4-2-1-3-5-13;5-3-1-2-4-6/h1-9H,10-11,15H2;1-6H2. The average Bonchev–Trinajstić information content (AvgIpc) is 2.55. The third-order valence-corrected chi connectivity index (χ3v) is 3.15. The van der Waals surface area contributed by atoms with Crippen LogP contribution in [-0.4, -0.2) is 19.6 Å². The van der Waals surface area contributed by atoms with Crippen molar-refractivity contribution >= 4 is 0 Å². The zero-order chi connectivity index (χ0) is 15.3. The Kier molecular flexibility index (Phi) is 9.13. The summed E-state index contributed by atoms with van der Waals surface area (Å²) >= 11 is 0. The minimum Gasteiger partial charge on any atom is -0.330 e. The molecule has 0 spiro atoms. The van der Waals surface area contributed by atoms with Crippen molar-refractivity contribution in [2.75, 3.05) is 19.6 Å². The van der Waals surface area contributed by atoms with Gasteiger partial charge in [-0.05, 0) is 55.6 Å². The Morgan fingerprint density at radius 2 is 1.10 bits per heavy atom. The summed E-state index contributed by atoms with van der Waals surface area (Å²) in [7, 11) is 0. The number of nitrogens with two attached hydrogens (primary N) is 3. The highest BCUT2D eigenvalue weighted by Gasteiger charge is 1.96. The van der Waals surface area contributed by atoms with Gasteiger partial charge in [-0.2, -0.15) is 0 Å². The largest absolute Gasteiger partial charge is 0.330 e. The molecule has 2 aromatic rings. The smallest absolute Gasteiger partial charge is 0.00367 e. The van der Waals surface area contributed by atoms with E-state index in [2.05, 4.69) is 48.5 Å². The van der Waals surface area contributed by atoms with Crippen molar-refractivity contribution in [3.05, 3.63) is 60.2 Å². The summed E-state index contributed by atoms with van der Waals surface area (Å²) in [6, 6.07) is 19.0. The van der Waals surface area contributed by atoms with E-state index in [1.165, 1.54) is 16.7 Å². The highest BCUT2D eigenvalue weighted by molar-refractivity contribution is 5.63. The average molecular weight is 285 g/mol. The first-order valence-corrected chi connectivity index (χ1v) is 7.56. The summed E-state index contributed by atoms with van der Waals surface area (Å²) in [5.41, 5.74) is 19.7. The lowest BCUT2D eigenvalue weighted by Crippen LogP contribution is -2.03. The van der Waals surface area contributed by atoms with Crippen molar-refractivity contribution < 1.29 is 0 Å². The first-order valence-electron chi connectivity index (χ1n) is 7.56. The molecule has 0 saturated carbocycles. The van der Waals surface area contributed by atoms with Crippen molar-refractivity contribution in [2.45, 2.75) is 19.3 Å². The summed E-state index contributed by atoms with van der Waals surface area (Å²) in [5, 5.41) is 0. The highest BCUT2D eigenvalue weighted by atomic mass is 14.5. The molecule has 0 radical (unpaired) electrons. The molecule has 0 heterocycles. The molecule has 0 saturated heterocycles. The van der Waals surface area contributed by atoms with E-state index < -0.39 is 0 Å². The molecule has 6 N–H and O–H groups in total. The maximum absolute atomic E-state index is 5.51. The fourth-order valence-electron chi connectivity index (χ4n) is 1.95. The predicted molar refractivity (Wildman–Crippen MR) is 92.0 cm³/mol. The second-order valence-electron chi connectivity index (χ2n) is 4.89. The molecule has 0 aliphatic carbocycles. The van der Waals surface area contributed by atoms with Crippen LogP contribution in [0, 0.1) is 0 Å². The van der Waals surface area contributed by atoms with Crippen LogP contribution in [0.25, 0.3) is 11.1 Å². The Morgan fingerprint density at radius 1 is 0.571 bits per heavy atom. The molecule has 21 heavy (non-hydrogen) atoms. The Hall–Kier alpha value is -1.68. The molecule has 2 rings (SSSR count). The number of hydrogen-bond acceptors (Lipinski definition) is 3. The number of rotatable bonds is 6. The van der Waals surface area contributed by atoms with E-state index in [4.69, 9.17) is 17.2 Å². The highest BCUT2D eigenvalue weighted by Crippen LogP contribution is 2.19. The summed E-state index contributed by atoms with van der Waals surface area (Å²) in [6.07, 6.45) is 3.09. The van der Waals surface area contributed by atoms with Crippen LogP contribution in [0.3, 0.4) is 0 Å². The predicted octanol–water partition coefficient (Wildman–Crippen LogP) is 2.54. The van der Waals surface area contributed by atoms with Crippen LogP contribution in [-0.2, 0) is 6.42 Å². The fourth-order valence-corrected chi connectivity index (χ4v) is 1.95. The van der Waals surface area contributed by atoms with Gasteiger partial charge in [-0.1, -0.05) is 54.6 Å². The zero-order valence-electron chi connectivity index (χ0n) is 12.7. The van der Waals surface area contributed by atoms with Gasteiger partial charge in [0, 0.05) is 0 Å². The van der Waals surface area contributed by atoms with Gasteiger partial charge in [-0.15, -0.1) is 0 Å². The molecule has 0 fully saturated rings. The minimum atomic E-state index is 0.713. The lowest BCUT2D eigenvalue weighted by atomic mass is 10.0. The lowest BCUT2D eigenvalue weighted by Gasteiger charge is -2.03. The third kappa shape index (κ3) is 7.04. The van der Waals surface area contributed by atoms with Gasteiger partial charge in [0.25, 0.3) is 0 Å². The van der Waals surface area contributed by atoms with Gasteiger partial charge in [0.05, 0.1) is 0 Å². The first-order chi connectivity index (χ1) is 10.3. The van der Waals surface area contributed by atoms with Gasteiger partial charge < -0.3 is 17.2 Å². The van der Waals surface area contributed by atoms with Crippen LogP contribution in [0.5, 0.6) is 0 Å². The molecular weight excluding hydrogens is 258 g/mol. The molecule has 114 valence electrons. The minimum absolute atomic E-state index is 0.713. The van der Waals surface area contributed by atoms with E-state index in [9.17, 15) is 0 Å². The zero-order valence-corrected chi connectivity index (χ0v) is 12.7. The molecule has 0 aliphatic rings. The van der Waals surface area contributed by atoms with Gasteiger partial charge in [0.2, 0.25) is 0 Å². The van der Waals surface area contributed by atoms with Crippen LogP contribution < -0.4 is 17.2 Å². The van der Waals surface area contributed by atoms with Crippen LogP contribution in [0.4, 0.5) is 0 Å². The summed E-state index contributed by atoms with van der Waals surface area (Å²) in [6.45, 7) is 2.26. The van der Waals surface area contributed by atoms with E-state index in [0.717, 1.165) is 32.4 Å². The number of unbranched alkanes of at least 4 members (excludes halogenated alkanes) is 1. The summed E-state index contributed by atoms with van der Waals surface area (Å²) in [4.78, 5) is 0. The van der Waals surface area contributed by atoms with Crippen LogP contribution >= 0.6 is 0 Å². The van der Waals surface area contributed by atoms with Gasteiger partial charge in [-0.3, -0.25) is 0 Å². The van der Waals surface area contributed by atoms with Crippen molar-refractivity contribution in [1.29, 1.82) is 0 Å². The van der Waals surface area contributed by atoms with E-state index in [1.807, 2.05) is 6.07 Å². The van der Waals surface area contributed by atoms with E-state index >= 15 is 0 Å². The molecule has 0 bridgehead atoms. The van der Waals surface area contributed by atoms with Crippen molar-refractivity contribution in [1.82, 2.24) is 0 Å². The molecular formula is C18H27N3. The van der Waals surface area contributed by atoms with E-state index in [1.54, 1.807) is 0 Å². The Bertz CT molecular complexity index is 462. The monoisotopic (exact) mass is 285 g/mol. The molecule has 0 aliphatic heterocycles. The number of hydrogen-bond donors (Lipinski definition) is 3. The van der Waals surface area contributed by atoms with Gasteiger partial charge in [0.1, 0.15) is 0 Å². The topological polar surface area (TPSA) is 78.1 Å². The fraction of sp³-hybridized carbons (Fsp3) is 0.333.